The Kier molecular flexibility index (Phi) is 6.65. The molecule has 0 radical (unpaired) electrons. The third-order valence-corrected chi connectivity index (χ3v) is 9.28. The molecule has 48 heavy (non-hydrogen) atoms. The Morgan fingerprint density at radius 2 is 0.875 bits per heavy atom. The van der Waals surface area contributed by atoms with E-state index in [0.717, 1.165) is 61.2 Å². The maximum absolute atomic E-state index is 6.57. The molecule has 0 bridgehead atoms. The number of aromatic nitrogens is 3. The van der Waals surface area contributed by atoms with Crippen LogP contribution in [-0.4, -0.2) is 15.0 Å². The molecule has 4 nitrogen and oxygen atoms in total. The lowest BCUT2D eigenvalue weighted by Crippen LogP contribution is -2.34. The predicted octanol–water partition coefficient (Wildman–Crippen LogP) is 10.5. The number of hydrogen-bond donors (Lipinski definition) is 0. The predicted molar refractivity (Wildman–Crippen MR) is 192 cm³/mol. The van der Waals surface area contributed by atoms with E-state index in [4.69, 9.17) is 19.7 Å². The summed E-state index contributed by atoms with van der Waals surface area (Å²) in [4.78, 5) is 15.6. The average Bonchev–Trinajstić information content (AvgIpc) is 3.17. The van der Waals surface area contributed by atoms with E-state index in [-0.39, 0.29) is 0 Å². The van der Waals surface area contributed by atoms with Gasteiger partial charge in [-0.3, -0.25) is 0 Å². The molecule has 226 valence electrons. The summed E-state index contributed by atoms with van der Waals surface area (Å²) >= 11 is 0. The molecule has 1 aromatic heterocycles. The first kappa shape index (κ1) is 27.9. The van der Waals surface area contributed by atoms with E-state index in [1.54, 1.807) is 0 Å². The van der Waals surface area contributed by atoms with Crippen LogP contribution in [0.25, 0.3) is 44.9 Å². The van der Waals surface area contributed by atoms with Gasteiger partial charge in [0.15, 0.2) is 17.5 Å². The van der Waals surface area contributed by atoms with Gasteiger partial charge in [-0.05, 0) is 34.0 Å². The van der Waals surface area contributed by atoms with Gasteiger partial charge >= 0.3 is 0 Å². The third-order valence-electron chi connectivity index (χ3n) is 9.28. The van der Waals surface area contributed by atoms with Crippen molar-refractivity contribution in [3.8, 4) is 45.7 Å². The number of hydrogen-bond acceptors (Lipinski definition) is 4. The summed E-state index contributed by atoms with van der Waals surface area (Å²) in [5.74, 6) is 3.52. The molecule has 2 heterocycles. The fraction of sp³-hybridized carbons (Fsp3) is 0.0227. The zero-order chi connectivity index (χ0) is 31.9. The second kappa shape index (κ2) is 11.4. The van der Waals surface area contributed by atoms with Crippen LogP contribution in [0.5, 0.6) is 11.5 Å². The topological polar surface area (TPSA) is 47.9 Å². The van der Waals surface area contributed by atoms with Crippen LogP contribution in [0.4, 0.5) is 0 Å². The van der Waals surface area contributed by atoms with Gasteiger partial charge in [0.25, 0.3) is 0 Å². The first-order valence-electron chi connectivity index (χ1n) is 16.1. The molecule has 1 aliphatic rings. The summed E-state index contributed by atoms with van der Waals surface area (Å²) in [5.41, 5.74) is 6.42. The lowest BCUT2D eigenvalue weighted by molar-refractivity contribution is 0.434. The molecule has 8 aromatic rings. The van der Waals surface area contributed by atoms with Crippen LogP contribution in [0.2, 0.25) is 0 Å². The minimum atomic E-state index is -0.720. The third kappa shape index (κ3) is 4.42. The van der Waals surface area contributed by atoms with E-state index < -0.39 is 5.41 Å². The Balaban J connectivity index is 1.38. The van der Waals surface area contributed by atoms with Crippen molar-refractivity contribution in [2.75, 3.05) is 0 Å². The molecule has 0 saturated heterocycles. The van der Waals surface area contributed by atoms with E-state index in [1.165, 1.54) is 0 Å². The van der Waals surface area contributed by atoms with Gasteiger partial charge in [0.05, 0.1) is 5.41 Å². The summed E-state index contributed by atoms with van der Waals surface area (Å²) in [6.07, 6.45) is 0. The zero-order valence-corrected chi connectivity index (χ0v) is 26.0. The molecule has 1 aliphatic heterocycles. The largest absolute Gasteiger partial charge is 0.457 e. The van der Waals surface area contributed by atoms with Crippen molar-refractivity contribution >= 4 is 10.8 Å². The normalized spacial score (nSPS) is 12.9. The standard InChI is InChI=1S/C44H29N3O/c1-3-17-31(18-4-1)41-45-42(34-24-15-19-30-16-7-8-22-33(30)34)47-43(46-41)35-23-9-10-25-36(35)44(32-20-5-2-6-21-32)37-26-11-13-28-39(37)48-40-29-14-12-27-38(40)44/h1-29H. The maximum atomic E-state index is 6.57. The molecule has 0 N–H and O–H groups in total. The zero-order valence-electron chi connectivity index (χ0n) is 26.0. The highest BCUT2D eigenvalue weighted by Gasteiger charge is 2.46. The molecular weight excluding hydrogens is 587 g/mol. The van der Waals surface area contributed by atoms with E-state index in [9.17, 15) is 0 Å². The summed E-state index contributed by atoms with van der Waals surface area (Å²) in [6, 6.07) is 60.7. The molecule has 0 fully saturated rings. The Labute approximate surface area is 279 Å². The Morgan fingerprint density at radius 1 is 0.375 bits per heavy atom. The fourth-order valence-electron chi connectivity index (χ4n) is 7.20. The molecule has 0 amide bonds. The number of fused-ring (bicyclic) bond motifs is 3. The lowest BCUT2D eigenvalue weighted by Gasteiger charge is -2.42. The summed E-state index contributed by atoms with van der Waals surface area (Å²) in [6.45, 7) is 0. The van der Waals surface area contributed by atoms with Gasteiger partial charge < -0.3 is 4.74 Å². The lowest BCUT2D eigenvalue weighted by atomic mass is 9.62. The minimum Gasteiger partial charge on any atom is -0.457 e. The molecule has 0 aliphatic carbocycles. The Hall–Kier alpha value is -6.39. The van der Waals surface area contributed by atoms with Crippen LogP contribution in [0.3, 0.4) is 0 Å². The summed E-state index contributed by atoms with van der Waals surface area (Å²) < 4.78 is 6.57. The highest BCUT2D eigenvalue weighted by molar-refractivity contribution is 5.95. The first-order chi connectivity index (χ1) is 23.8. The second-order valence-electron chi connectivity index (χ2n) is 12.0. The number of benzene rings is 7. The highest BCUT2D eigenvalue weighted by atomic mass is 16.5. The van der Waals surface area contributed by atoms with Gasteiger partial charge in [-0.25, -0.2) is 15.0 Å². The number of rotatable bonds is 5. The molecule has 7 aromatic carbocycles. The molecule has 0 saturated carbocycles. The first-order valence-corrected chi connectivity index (χ1v) is 16.1. The maximum Gasteiger partial charge on any atom is 0.164 e. The van der Waals surface area contributed by atoms with Crippen LogP contribution in [0.15, 0.2) is 176 Å². The summed E-state index contributed by atoms with van der Waals surface area (Å²) in [7, 11) is 0. The fourth-order valence-corrected chi connectivity index (χ4v) is 7.20. The highest BCUT2D eigenvalue weighted by Crippen LogP contribution is 2.56. The molecule has 4 heteroatoms. The van der Waals surface area contributed by atoms with Crippen molar-refractivity contribution in [3.63, 3.8) is 0 Å². The van der Waals surface area contributed by atoms with Crippen molar-refractivity contribution in [1.82, 2.24) is 15.0 Å². The minimum absolute atomic E-state index is 0.610. The van der Waals surface area contributed by atoms with Gasteiger partial charge in [0.1, 0.15) is 11.5 Å². The van der Waals surface area contributed by atoms with Crippen LogP contribution in [0.1, 0.15) is 22.3 Å². The smallest absolute Gasteiger partial charge is 0.164 e. The van der Waals surface area contributed by atoms with Gasteiger partial charge in [-0.1, -0.05) is 164 Å². The van der Waals surface area contributed by atoms with Crippen molar-refractivity contribution in [2.24, 2.45) is 0 Å². The Morgan fingerprint density at radius 3 is 1.60 bits per heavy atom. The van der Waals surface area contributed by atoms with E-state index in [0.29, 0.717) is 17.5 Å². The van der Waals surface area contributed by atoms with E-state index in [2.05, 4.69) is 133 Å². The molecule has 0 spiro atoms. The number of para-hydroxylation sites is 2. The van der Waals surface area contributed by atoms with Crippen LogP contribution in [-0.2, 0) is 5.41 Å². The van der Waals surface area contributed by atoms with Gasteiger partial charge in [-0.2, -0.15) is 0 Å². The van der Waals surface area contributed by atoms with Crippen molar-refractivity contribution in [3.05, 3.63) is 198 Å². The van der Waals surface area contributed by atoms with Crippen molar-refractivity contribution in [1.29, 1.82) is 0 Å². The van der Waals surface area contributed by atoms with Crippen LogP contribution in [0, 0.1) is 0 Å². The molecule has 9 rings (SSSR count). The van der Waals surface area contributed by atoms with Gasteiger partial charge in [0.2, 0.25) is 0 Å². The van der Waals surface area contributed by atoms with Crippen LogP contribution >= 0.6 is 0 Å². The van der Waals surface area contributed by atoms with Gasteiger partial charge in [0, 0.05) is 27.8 Å². The Bertz CT molecular complexity index is 2390. The van der Waals surface area contributed by atoms with Crippen molar-refractivity contribution in [2.45, 2.75) is 5.41 Å². The molecular formula is C44H29N3O. The SMILES string of the molecule is c1ccc(-c2nc(-c3ccccc3C3(c4ccccc4)c4ccccc4Oc4ccccc43)nc(-c3cccc4ccccc34)n2)cc1. The number of ether oxygens (including phenoxy) is 1. The van der Waals surface area contributed by atoms with Crippen LogP contribution < -0.4 is 4.74 Å². The number of nitrogens with zero attached hydrogens (tertiary/aromatic N) is 3. The summed E-state index contributed by atoms with van der Waals surface area (Å²) in [5, 5.41) is 2.23. The average molecular weight is 616 g/mol. The van der Waals surface area contributed by atoms with Crippen molar-refractivity contribution < 1.29 is 4.74 Å². The quantitative estimate of drug-likeness (QED) is 0.193. The van der Waals surface area contributed by atoms with Gasteiger partial charge in [-0.15, -0.1) is 0 Å². The second-order valence-corrected chi connectivity index (χ2v) is 12.0. The molecule has 0 atom stereocenters. The van der Waals surface area contributed by atoms with E-state index in [1.807, 2.05) is 42.5 Å². The monoisotopic (exact) mass is 615 g/mol. The van der Waals surface area contributed by atoms with E-state index >= 15 is 0 Å². The molecule has 0 unspecified atom stereocenters.